The van der Waals surface area contributed by atoms with Crippen LogP contribution < -0.4 is 0 Å². The van der Waals surface area contributed by atoms with E-state index in [-0.39, 0.29) is 36.2 Å². The standard InChI is InChI=1S/C25H38N2O5S/c1-5-8-10-14-26(13-7-3)23(30)21-25-12-11-18(33-25)19(24(31)32-15-9-6-2)20(25)22(29)27(21)17(4)16-28/h6-7,17-21,28H,2-3,5,8-16H2,1,4H3/t17-,18-,19+,20+,21?,25?/m1/s1. The van der Waals surface area contributed by atoms with Crippen LogP contribution in [0, 0.1) is 11.8 Å². The van der Waals surface area contributed by atoms with Crippen molar-refractivity contribution in [2.75, 3.05) is 26.3 Å². The molecule has 2 amide bonds. The molecule has 8 heteroatoms. The zero-order valence-corrected chi connectivity index (χ0v) is 20.7. The molecule has 1 N–H and O–H groups in total. The smallest absolute Gasteiger partial charge is 0.310 e. The average Bonchev–Trinajstić information content (AvgIpc) is 3.45. The van der Waals surface area contributed by atoms with Gasteiger partial charge in [0.05, 0.1) is 35.8 Å². The predicted molar refractivity (Wildman–Crippen MR) is 130 cm³/mol. The van der Waals surface area contributed by atoms with Crippen LogP contribution in [-0.2, 0) is 19.1 Å². The third-order valence-corrected chi connectivity index (χ3v) is 9.19. The highest BCUT2D eigenvalue weighted by molar-refractivity contribution is 8.02. The summed E-state index contributed by atoms with van der Waals surface area (Å²) in [5.41, 5.74) is 0. The quantitative estimate of drug-likeness (QED) is 0.249. The van der Waals surface area contributed by atoms with Crippen LogP contribution in [0.1, 0.15) is 52.4 Å². The van der Waals surface area contributed by atoms with Gasteiger partial charge in [0.2, 0.25) is 11.8 Å². The minimum absolute atomic E-state index is 0.0231. The Balaban J connectivity index is 1.94. The van der Waals surface area contributed by atoms with Gasteiger partial charge in [0.15, 0.2) is 0 Å². The maximum atomic E-state index is 14.0. The minimum Gasteiger partial charge on any atom is -0.465 e. The molecule has 1 spiro atoms. The Morgan fingerprint density at radius 2 is 2.12 bits per heavy atom. The summed E-state index contributed by atoms with van der Waals surface area (Å²) in [6.45, 7) is 12.4. The van der Waals surface area contributed by atoms with Crippen LogP contribution in [0.3, 0.4) is 0 Å². The van der Waals surface area contributed by atoms with Crippen molar-refractivity contribution in [1.82, 2.24) is 9.80 Å². The highest BCUT2D eigenvalue weighted by Gasteiger charge is 2.74. The highest BCUT2D eigenvalue weighted by Crippen LogP contribution is 2.66. The second-order valence-electron chi connectivity index (χ2n) is 9.36. The Labute approximate surface area is 201 Å². The number of fused-ring (bicyclic) bond motifs is 1. The number of hydrogen-bond donors (Lipinski definition) is 1. The lowest BCUT2D eigenvalue weighted by atomic mass is 9.71. The molecule has 3 rings (SSSR count). The molecule has 0 aromatic heterocycles. The number of thioether (sulfide) groups is 1. The number of carbonyl (C=O) groups is 3. The van der Waals surface area contributed by atoms with E-state index in [0.717, 1.165) is 25.7 Å². The van der Waals surface area contributed by atoms with E-state index >= 15 is 0 Å². The molecule has 0 aromatic carbocycles. The molecule has 0 saturated carbocycles. The molecule has 3 aliphatic heterocycles. The Hall–Kier alpha value is -1.80. The number of esters is 1. The molecule has 184 valence electrons. The number of aliphatic hydroxyl groups excluding tert-OH is 1. The van der Waals surface area contributed by atoms with Crippen molar-refractivity contribution in [3.05, 3.63) is 25.3 Å². The zero-order valence-electron chi connectivity index (χ0n) is 19.9. The van der Waals surface area contributed by atoms with Crippen molar-refractivity contribution in [2.45, 2.75) is 74.5 Å². The zero-order chi connectivity index (χ0) is 24.2. The summed E-state index contributed by atoms with van der Waals surface area (Å²) in [4.78, 5) is 44.1. The van der Waals surface area contributed by atoms with Gasteiger partial charge in [-0.1, -0.05) is 31.9 Å². The summed E-state index contributed by atoms with van der Waals surface area (Å²) in [6.07, 6.45) is 8.40. The van der Waals surface area contributed by atoms with Gasteiger partial charge < -0.3 is 19.6 Å². The van der Waals surface area contributed by atoms with E-state index in [0.29, 0.717) is 25.9 Å². The van der Waals surface area contributed by atoms with Crippen LogP contribution in [-0.4, -0.2) is 81.1 Å². The number of amides is 2. The van der Waals surface area contributed by atoms with E-state index in [9.17, 15) is 19.5 Å². The van der Waals surface area contributed by atoms with Gasteiger partial charge in [0.25, 0.3) is 0 Å². The first kappa shape index (κ1) is 25.8. The molecule has 2 bridgehead atoms. The lowest BCUT2D eigenvalue weighted by Crippen LogP contribution is -2.57. The monoisotopic (exact) mass is 478 g/mol. The molecule has 3 aliphatic rings. The number of nitrogens with zero attached hydrogens (tertiary/aromatic N) is 2. The van der Waals surface area contributed by atoms with E-state index in [2.05, 4.69) is 20.1 Å². The van der Waals surface area contributed by atoms with Gasteiger partial charge in [0, 0.05) is 18.3 Å². The predicted octanol–water partition coefficient (Wildman–Crippen LogP) is 2.78. The Bertz CT molecular complexity index is 774. The van der Waals surface area contributed by atoms with Crippen LogP contribution in [0.5, 0.6) is 0 Å². The van der Waals surface area contributed by atoms with Crippen LogP contribution in [0.15, 0.2) is 25.3 Å². The molecule has 6 atom stereocenters. The number of aliphatic hydroxyl groups is 1. The summed E-state index contributed by atoms with van der Waals surface area (Å²) in [6, 6.07) is -1.20. The van der Waals surface area contributed by atoms with Gasteiger partial charge >= 0.3 is 5.97 Å². The molecular formula is C25H38N2O5S. The van der Waals surface area contributed by atoms with Crippen molar-refractivity contribution < 1.29 is 24.2 Å². The molecule has 3 saturated heterocycles. The first-order valence-electron chi connectivity index (χ1n) is 12.2. The van der Waals surface area contributed by atoms with Gasteiger partial charge in [-0.3, -0.25) is 14.4 Å². The minimum atomic E-state index is -0.695. The molecule has 7 nitrogen and oxygen atoms in total. The third kappa shape index (κ3) is 4.61. The normalized spacial score (nSPS) is 30.8. The molecule has 3 heterocycles. The number of carbonyl (C=O) groups excluding carboxylic acids is 3. The van der Waals surface area contributed by atoms with Crippen molar-refractivity contribution >= 4 is 29.5 Å². The van der Waals surface area contributed by atoms with Crippen LogP contribution in [0.25, 0.3) is 0 Å². The van der Waals surface area contributed by atoms with Gasteiger partial charge in [-0.25, -0.2) is 0 Å². The summed E-state index contributed by atoms with van der Waals surface area (Å²) in [5, 5.41) is 9.91. The molecular weight excluding hydrogens is 440 g/mol. The molecule has 0 aromatic rings. The average molecular weight is 479 g/mol. The van der Waals surface area contributed by atoms with Crippen LogP contribution in [0.4, 0.5) is 0 Å². The van der Waals surface area contributed by atoms with E-state index in [1.54, 1.807) is 40.6 Å². The molecule has 3 fully saturated rings. The number of unbranched alkanes of at least 4 members (excludes halogenated alkanes) is 2. The Morgan fingerprint density at radius 1 is 1.36 bits per heavy atom. The Morgan fingerprint density at radius 3 is 2.76 bits per heavy atom. The maximum Gasteiger partial charge on any atom is 0.310 e. The van der Waals surface area contributed by atoms with Crippen molar-refractivity contribution in [3.63, 3.8) is 0 Å². The second-order valence-corrected chi connectivity index (χ2v) is 11.0. The lowest BCUT2D eigenvalue weighted by Gasteiger charge is -2.38. The molecule has 0 aliphatic carbocycles. The van der Waals surface area contributed by atoms with Crippen LogP contribution >= 0.6 is 11.8 Å². The molecule has 0 radical (unpaired) electrons. The number of hydrogen-bond acceptors (Lipinski definition) is 6. The van der Waals surface area contributed by atoms with Crippen molar-refractivity contribution in [3.8, 4) is 0 Å². The van der Waals surface area contributed by atoms with Gasteiger partial charge in [0.1, 0.15) is 6.04 Å². The highest BCUT2D eigenvalue weighted by atomic mass is 32.2. The number of ether oxygens (including phenoxy) is 1. The summed E-state index contributed by atoms with van der Waals surface area (Å²) >= 11 is 1.62. The Kier molecular flexibility index (Phi) is 8.67. The molecule has 33 heavy (non-hydrogen) atoms. The summed E-state index contributed by atoms with van der Waals surface area (Å²) in [5.74, 6) is -1.81. The van der Waals surface area contributed by atoms with E-state index in [4.69, 9.17) is 4.74 Å². The fourth-order valence-corrected chi connectivity index (χ4v) is 7.90. The van der Waals surface area contributed by atoms with E-state index in [1.165, 1.54) is 0 Å². The summed E-state index contributed by atoms with van der Waals surface area (Å²) < 4.78 is 4.83. The second kappa shape index (κ2) is 11.1. The van der Waals surface area contributed by atoms with Gasteiger partial charge in [-0.2, -0.15) is 0 Å². The lowest BCUT2D eigenvalue weighted by molar-refractivity contribution is -0.154. The van der Waals surface area contributed by atoms with Crippen LogP contribution in [0.2, 0.25) is 0 Å². The maximum absolute atomic E-state index is 14.0. The topological polar surface area (TPSA) is 87.1 Å². The SMILES string of the molecule is C=CCCOC(=O)[C@@H]1[C@H]2C(=O)N([C@H](C)CO)C(C(=O)N(CC=C)CCCCC)C23CC[C@H]1S3. The fraction of sp³-hybridized carbons (Fsp3) is 0.720. The van der Waals surface area contributed by atoms with Gasteiger partial charge in [-0.15, -0.1) is 24.9 Å². The van der Waals surface area contributed by atoms with Crippen molar-refractivity contribution in [2.24, 2.45) is 11.8 Å². The first-order valence-corrected chi connectivity index (χ1v) is 13.0. The number of rotatable bonds is 13. The van der Waals surface area contributed by atoms with E-state index in [1.807, 2.05) is 0 Å². The third-order valence-electron chi connectivity index (χ3n) is 7.24. The van der Waals surface area contributed by atoms with E-state index < -0.39 is 28.7 Å². The molecule has 2 unspecified atom stereocenters. The summed E-state index contributed by atoms with van der Waals surface area (Å²) in [7, 11) is 0. The fourth-order valence-electron chi connectivity index (χ4n) is 5.71. The largest absolute Gasteiger partial charge is 0.465 e. The van der Waals surface area contributed by atoms with Crippen molar-refractivity contribution in [1.29, 1.82) is 0 Å². The number of likely N-dealkylation sites (tertiary alicyclic amines) is 1. The first-order chi connectivity index (χ1) is 15.9. The van der Waals surface area contributed by atoms with Gasteiger partial charge in [-0.05, 0) is 32.6 Å².